The van der Waals surface area contributed by atoms with Gasteiger partial charge in [-0.05, 0) is 0 Å². The van der Waals surface area contributed by atoms with Crippen molar-refractivity contribution in [2.24, 2.45) is 4.99 Å². The Bertz CT molecular complexity index is 1290. The molecule has 0 fully saturated rings. The Hall–Kier alpha value is -2.49. The second kappa shape index (κ2) is 10.5. The van der Waals surface area contributed by atoms with E-state index < -0.39 is 55.9 Å². The Morgan fingerprint density at radius 1 is 0.806 bits per heavy atom. The Morgan fingerprint density at radius 2 is 1.36 bits per heavy atom. The van der Waals surface area contributed by atoms with Gasteiger partial charge in [0.1, 0.15) is 0 Å². The number of benzene rings is 3. The van der Waals surface area contributed by atoms with E-state index in [1.54, 1.807) is 30.5 Å². The number of hydrogen-bond acceptors (Lipinski definition) is 2. The van der Waals surface area contributed by atoms with E-state index in [0.29, 0.717) is 14.8 Å². The van der Waals surface area contributed by atoms with Crippen LogP contribution in [0.25, 0.3) is 0 Å². The van der Waals surface area contributed by atoms with Gasteiger partial charge < -0.3 is 0 Å². The first-order valence-electron chi connectivity index (χ1n) is 11.2. The summed E-state index contributed by atoms with van der Waals surface area (Å²) in [5, 5.41) is 11.0. The van der Waals surface area contributed by atoms with Gasteiger partial charge in [0.05, 0.1) is 0 Å². The number of phenols is 1. The molecule has 0 atom stereocenters. The number of rotatable bonds is 5. The zero-order valence-corrected chi connectivity index (χ0v) is 23.1. The van der Waals surface area contributed by atoms with Crippen LogP contribution in [0.4, 0.5) is 27.6 Å². The Labute approximate surface area is 218 Å². The molecule has 3 aromatic carbocycles. The summed E-state index contributed by atoms with van der Waals surface area (Å²) in [6.45, 7) is 12.3. The average molecular weight is 616 g/mol. The monoisotopic (exact) mass is 616 g/mol. The maximum absolute atomic E-state index is 14.1. The van der Waals surface area contributed by atoms with E-state index in [1.807, 2.05) is 32.9 Å². The molecule has 3 aromatic rings. The summed E-state index contributed by atoms with van der Waals surface area (Å²) in [5.74, 6) is -9.53. The van der Waals surface area contributed by atoms with E-state index in [0.717, 1.165) is 11.1 Å². The third-order valence-corrected chi connectivity index (χ3v) is 8.53. The van der Waals surface area contributed by atoms with Gasteiger partial charge >= 0.3 is 219 Å². The minimum absolute atomic E-state index is 0.118. The quantitative estimate of drug-likeness (QED) is 0.109. The maximum atomic E-state index is 14.1. The van der Waals surface area contributed by atoms with Gasteiger partial charge in [0, 0.05) is 0 Å². The molecule has 3 rings (SSSR count). The van der Waals surface area contributed by atoms with Crippen molar-refractivity contribution < 1.29 is 48.3 Å². The molecular weight excluding hydrogens is 588 g/mol. The van der Waals surface area contributed by atoms with Crippen LogP contribution in [0.5, 0.6) is 5.75 Å². The fourth-order valence-electron chi connectivity index (χ4n) is 3.48. The van der Waals surface area contributed by atoms with E-state index in [2.05, 4.69) is 25.8 Å². The molecule has 0 aliphatic rings. The molecule has 0 heterocycles. The van der Waals surface area contributed by atoms with Gasteiger partial charge in [0.2, 0.25) is 0 Å². The van der Waals surface area contributed by atoms with Crippen LogP contribution in [-0.4, -0.2) is 11.3 Å². The number of aliphatic imine (C=N–C) groups is 1. The van der Waals surface area contributed by atoms with Crippen molar-refractivity contribution in [2.75, 3.05) is 0 Å². The standard InChI is InChI=1S/C28H28F5INO/c1-27(2,3)16-11-15(26(36)18(12-16)28(4,5)6)14-35-20-10-8-7-9-19(20)34-13-17-21(29)23(31)25(33)24(32)22(17)30/h7-12,14,36H,13H2,1-6H3/q-1. The summed E-state index contributed by atoms with van der Waals surface area (Å²) in [6.07, 6.45) is 1.54. The van der Waals surface area contributed by atoms with E-state index in [9.17, 15) is 27.1 Å². The third-order valence-electron chi connectivity index (χ3n) is 5.65. The van der Waals surface area contributed by atoms with Crippen LogP contribution >= 0.6 is 0 Å². The molecular formula is C28H28F5INO-. The first-order valence-corrected chi connectivity index (χ1v) is 13.8. The molecule has 0 radical (unpaired) electrons. The van der Waals surface area contributed by atoms with Crippen molar-refractivity contribution in [2.45, 2.75) is 56.8 Å². The number of para-hydroxylation sites is 1. The average Bonchev–Trinajstić information content (AvgIpc) is 2.80. The van der Waals surface area contributed by atoms with Gasteiger partial charge in [-0.2, -0.15) is 0 Å². The molecule has 0 aromatic heterocycles. The van der Waals surface area contributed by atoms with Gasteiger partial charge in [0.15, 0.2) is 0 Å². The second-order valence-electron chi connectivity index (χ2n) is 10.5. The van der Waals surface area contributed by atoms with Crippen molar-refractivity contribution in [1.82, 2.24) is 0 Å². The van der Waals surface area contributed by atoms with E-state index in [-0.39, 0.29) is 21.0 Å². The van der Waals surface area contributed by atoms with Crippen LogP contribution in [-0.2, 0) is 15.3 Å². The van der Waals surface area contributed by atoms with Crippen LogP contribution in [0.15, 0.2) is 41.4 Å². The second-order valence-corrected chi connectivity index (χ2v) is 13.2. The van der Waals surface area contributed by atoms with E-state index >= 15 is 0 Å². The number of halogens is 6. The number of phenolic OH excluding ortho intramolecular Hbond substituents is 1. The Balaban J connectivity index is 1.99. The van der Waals surface area contributed by atoms with Gasteiger partial charge in [-0.15, -0.1) is 0 Å². The topological polar surface area (TPSA) is 32.6 Å². The summed E-state index contributed by atoms with van der Waals surface area (Å²) < 4.78 is 69.2. The van der Waals surface area contributed by atoms with Gasteiger partial charge in [-0.1, -0.05) is 0 Å². The summed E-state index contributed by atoms with van der Waals surface area (Å²) in [5.41, 5.74) is 1.54. The first kappa shape index (κ1) is 28.1. The molecule has 8 heteroatoms. The normalized spacial score (nSPS) is 12.6. The number of hydrogen-bond donors (Lipinski definition) is 1. The van der Waals surface area contributed by atoms with Crippen molar-refractivity contribution in [3.05, 3.63) is 91.3 Å². The fraction of sp³-hybridized carbons (Fsp3) is 0.321. The zero-order valence-electron chi connectivity index (χ0n) is 20.9. The fourth-order valence-corrected chi connectivity index (χ4v) is 6.11. The molecule has 194 valence electrons. The van der Waals surface area contributed by atoms with E-state index in [1.165, 1.54) is 0 Å². The van der Waals surface area contributed by atoms with Crippen LogP contribution in [0.2, 0.25) is 0 Å². The predicted molar refractivity (Wildman–Crippen MR) is 128 cm³/mol. The summed E-state index contributed by atoms with van der Waals surface area (Å²) in [4.78, 5) is 4.54. The molecule has 0 amide bonds. The molecule has 1 N–H and O–H groups in total. The molecule has 0 saturated carbocycles. The van der Waals surface area contributed by atoms with Gasteiger partial charge in [-0.3, -0.25) is 0 Å². The van der Waals surface area contributed by atoms with Crippen LogP contribution < -0.4 is 21.2 Å². The van der Waals surface area contributed by atoms with Crippen molar-refractivity contribution in [3.8, 4) is 5.75 Å². The molecule has 0 unspecified atom stereocenters. The van der Waals surface area contributed by atoms with Crippen molar-refractivity contribution in [3.63, 3.8) is 0 Å². The molecule has 36 heavy (non-hydrogen) atoms. The molecule has 0 saturated heterocycles. The van der Waals surface area contributed by atoms with Crippen molar-refractivity contribution >= 4 is 11.9 Å². The summed E-state index contributed by atoms with van der Waals surface area (Å²) in [7, 11) is 0. The third kappa shape index (κ3) is 5.90. The van der Waals surface area contributed by atoms with Crippen LogP contribution in [0.1, 0.15) is 63.8 Å². The SMILES string of the molecule is CC(C)(C)c1cc(C=Nc2ccccc2[I-]Cc2c(F)c(F)c(F)c(F)c2F)c(O)c(C(C)(C)C)c1. The number of alkyl halides is 1. The predicted octanol–water partition coefficient (Wildman–Crippen LogP) is 4.89. The summed E-state index contributed by atoms with van der Waals surface area (Å²) in [6, 6.07) is 10.8. The summed E-state index contributed by atoms with van der Waals surface area (Å²) >= 11 is -1.20. The molecule has 0 spiro atoms. The van der Waals surface area contributed by atoms with Gasteiger partial charge in [-0.25, -0.2) is 0 Å². The molecule has 2 nitrogen and oxygen atoms in total. The number of aromatic hydroxyl groups is 1. The first-order chi connectivity index (χ1) is 16.6. The zero-order chi connectivity index (χ0) is 27.0. The van der Waals surface area contributed by atoms with Gasteiger partial charge in [0.25, 0.3) is 0 Å². The number of nitrogens with zero attached hydrogens (tertiary/aromatic N) is 1. The van der Waals surface area contributed by atoms with Crippen molar-refractivity contribution in [1.29, 1.82) is 0 Å². The Kier molecular flexibility index (Phi) is 8.17. The Morgan fingerprint density at radius 3 is 1.92 bits per heavy atom. The van der Waals surface area contributed by atoms with Crippen LogP contribution in [0.3, 0.4) is 0 Å². The molecule has 0 aliphatic carbocycles. The molecule has 0 bridgehead atoms. The van der Waals surface area contributed by atoms with E-state index in [4.69, 9.17) is 0 Å². The molecule has 0 aliphatic heterocycles. The minimum atomic E-state index is -2.16. The van der Waals surface area contributed by atoms with Crippen LogP contribution in [0, 0.1) is 32.7 Å².